The molecule has 2 saturated heterocycles. The summed E-state index contributed by atoms with van der Waals surface area (Å²) in [6.07, 6.45) is 7.68. The molecule has 2 heterocycles. The van der Waals surface area contributed by atoms with E-state index in [1.54, 1.807) is 31.5 Å². The number of allylic oxidation sites excluding steroid dienone is 1. The van der Waals surface area contributed by atoms with E-state index in [9.17, 15) is 13.2 Å². The maximum atomic E-state index is 12.2. The SMILES string of the molecule is C=C/C(=N\C(=C(C)C)N(C)N)C(N=CC)=NCC.CCCC1CCCCN1C1CCN(Cc2ccc(OC(F)(F)F)cc2)CC1. The first-order chi connectivity index (χ1) is 21.4. The van der Waals surface area contributed by atoms with Crippen LogP contribution in [0.15, 0.2) is 63.3 Å². The molecule has 8 nitrogen and oxygen atoms in total. The summed E-state index contributed by atoms with van der Waals surface area (Å²) >= 11 is 0. The van der Waals surface area contributed by atoms with E-state index in [4.69, 9.17) is 5.84 Å². The van der Waals surface area contributed by atoms with Gasteiger partial charge in [-0.05, 0) is 109 Å². The Balaban J connectivity index is 0.000000344. The van der Waals surface area contributed by atoms with Gasteiger partial charge in [-0.1, -0.05) is 38.5 Å². The Morgan fingerprint density at radius 2 is 1.76 bits per heavy atom. The van der Waals surface area contributed by atoms with Gasteiger partial charge in [0.2, 0.25) is 0 Å². The van der Waals surface area contributed by atoms with Crippen molar-refractivity contribution in [3.8, 4) is 5.75 Å². The first kappa shape index (κ1) is 38.2. The van der Waals surface area contributed by atoms with Crippen molar-refractivity contribution in [1.29, 1.82) is 0 Å². The monoisotopic (exact) mass is 633 g/mol. The molecule has 2 N–H and O–H groups in total. The maximum Gasteiger partial charge on any atom is 0.573 e. The number of hydrogen-bond donors (Lipinski definition) is 1. The number of amidine groups is 1. The van der Waals surface area contributed by atoms with Crippen molar-refractivity contribution in [2.24, 2.45) is 20.8 Å². The molecule has 2 aliphatic rings. The number of aliphatic imine (C=N–C) groups is 3. The van der Waals surface area contributed by atoms with Crippen LogP contribution in [-0.2, 0) is 6.54 Å². The molecule has 252 valence electrons. The van der Waals surface area contributed by atoms with E-state index in [-0.39, 0.29) is 5.75 Å². The van der Waals surface area contributed by atoms with Crippen LogP contribution in [0.4, 0.5) is 13.2 Å². The molecule has 1 atom stereocenters. The Morgan fingerprint density at radius 1 is 1.09 bits per heavy atom. The molecular formula is C34H54F3N7O. The van der Waals surface area contributed by atoms with Gasteiger partial charge < -0.3 is 4.74 Å². The standard InChI is InChI=1S/C21H31F3N2O.C13H23N5/c1-2-5-18-6-3-4-13-26(18)19-11-14-25(15-12-19)16-17-7-9-20(10-8-17)27-21(22,23)24;1-7-11(12(15-8-2)16-9-3)17-13(10(4)5)18(6)14/h7-10,18-19H,2-6,11-16H2,1H3;7-8H,1,9,14H2,2-6H3/b;15-8?,16-12?,17-11+. The zero-order valence-electron chi connectivity index (χ0n) is 28.1. The van der Waals surface area contributed by atoms with Crippen LogP contribution in [0.5, 0.6) is 5.75 Å². The maximum absolute atomic E-state index is 12.2. The van der Waals surface area contributed by atoms with Gasteiger partial charge in [0.05, 0.1) is 0 Å². The lowest BCUT2D eigenvalue weighted by atomic mass is 9.92. The molecule has 0 spiro atoms. The van der Waals surface area contributed by atoms with Crippen molar-refractivity contribution in [3.63, 3.8) is 0 Å². The highest BCUT2D eigenvalue weighted by Gasteiger charge is 2.32. The van der Waals surface area contributed by atoms with Crippen LogP contribution in [-0.4, -0.2) is 84.2 Å². The van der Waals surface area contributed by atoms with E-state index in [2.05, 4.69) is 43.0 Å². The van der Waals surface area contributed by atoms with E-state index < -0.39 is 6.36 Å². The van der Waals surface area contributed by atoms with Gasteiger partial charge in [-0.2, -0.15) is 0 Å². The number of ether oxygens (including phenoxy) is 1. The van der Waals surface area contributed by atoms with Gasteiger partial charge in [0.15, 0.2) is 5.84 Å². The molecule has 0 aliphatic carbocycles. The molecule has 0 bridgehead atoms. The number of nitrogens with two attached hydrogens (primary N) is 1. The highest BCUT2D eigenvalue weighted by Crippen LogP contribution is 2.28. The summed E-state index contributed by atoms with van der Waals surface area (Å²) in [5, 5.41) is 1.47. The van der Waals surface area contributed by atoms with Crippen LogP contribution in [0.3, 0.4) is 0 Å². The number of hydrogen-bond acceptors (Lipinski definition) is 7. The number of alkyl halides is 3. The summed E-state index contributed by atoms with van der Waals surface area (Å²) < 4.78 is 40.7. The van der Waals surface area contributed by atoms with Gasteiger partial charge >= 0.3 is 6.36 Å². The third-order valence-electron chi connectivity index (χ3n) is 7.87. The summed E-state index contributed by atoms with van der Waals surface area (Å²) in [5.41, 5.74) is 2.66. The fourth-order valence-electron chi connectivity index (χ4n) is 5.92. The minimum Gasteiger partial charge on any atom is -0.406 e. The number of nitrogens with zero attached hydrogens (tertiary/aromatic N) is 6. The molecule has 2 aliphatic heterocycles. The van der Waals surface area contributed by atoms with Crippen LogP contribution in [0.2, 0.25) is 0 Å². The highest BCUT2D eigenvalue weighted by molar-refractivity contribution is 6.46. The zero-order valence-corrected chi connectivity index (χ0v) is 28.1. The first-order valence-corrected chi connectivity index (χ1v) is 16.2. The van der Waals surface area contributed by atoms with E-state index in [1.807, 2.05) is 27.7 Å². The zero-order chi connectivity index (χ0) is 33.4. The molecule has 11 heteroatoms. The minimum atomic E-state index is -4.63. The van der Waals surface area contributed by atoms with Gasteiger partial charge in [-0.15, -0.1) is 13.2 Å². The summed E-state index contributed by atoms with van der Waals surface area (Å²) in [6, 6.07) is 7.73. The van der Waals surface area contributed by atoms with Gasteiger partial charge in [0, 0.05) is 38.4 Å². The Morgan fingerprint density at radius 3 is 2.27 bits per heavy atom. The average Bonchev–Trinajstić information content (AvgIpc) is 2.99. The summed E-state index contributed by atoms with van der Waals surface area (Å²) in [5.74, 6) is 6.83. The van der Waals surface area contributed by atoms with Gasteiger partial charge in [-0.3, -0.25) is 19.8 Å². The van der Waals surface area contributed by atoms with Crippen molar-refractivity contribution in [2.45, 2.75) is 105 Å². The van der Waals surface area contributed by atoms with Crippen LogP contribution >= 0.6 is 0 Å². The second-order valence-corrected chi connectivity index (χ2v) is 11.7. The van der Waals surface area contributed by atoms with Crippen LogP contribution in [0.1, 0.15) is 85.1 Å². The molecule has 0 radical (unpaired) electrons. The number of hydrazine groups is 1. The predicted octanol–water partition coefficient (Wildman–Crippen LogP) is 7.38. The topological polar surface area (TPSA) is 82.0 Å². The Hall–Kier alpha value is -3.02. The van der Waals surface area contributed by atoms with Crippen LogP contribution in [0.25, 0.3) is 0 Å². The van der Waals surface area contributed by atoms with Crippen molar-refractivity contribution in [3.05, 3.63) is 53.9 Å². The lowest BCUT2D eigenvalue weighted by Crippen LogP contribution is -2.50. The normalized spacial score (nSPS) is 19.2. The van der Waals surface area contributed by atoms with E-state index in [1.165, 1.54) is 68.6 Å². The third kappa shape index (κ3) is 13.5. The lowest BCUT2D eigenvalue weighted by molar-refractivity contribution is -0.274. The molecular weight excluding hydrogens is 579 g/mol. The van der Waals surface area contributed by atoms with E-state index >= 15 is 0 Å². The molecule has 0 saturated carbocycles. The molecule has 3 rings (SSSR count). The molecule has 0 amide bonds. The molecule has 0 aromatic heterocycles. The van der Waals surface area contributed by atoms with Crippen LogP contribution < -0.4 is 10.6 Å². The summed E-state index contributed by atoms with van der Waals surface area (Å²) in [4.78, 5) is 18.1. The van der Waals surface area contributed by atoms with E-state index in [0.717, 1.165) is 36.8 Å². The summed E-state index contributed by atoms with van der Waals surface area (Å²) in [6.45, 7) is 18.5. The predicted molar refractivity (Wildman–Crippen MR) is 181 cm³/mol. The quantitative estimate of drug-likeness (QED) is 0.119. The average molecular weight is 634 g/mol. The Bertz CT molecular complexity index is 1150. The fourth-order valence-corrected chi connectivity index (χ4v) is 5.92. The van der Waals surface area contributed by atoms with Gasteiger partial charge in [-0.25, -0.2) is 15.8 Å². The Kier molecular flexibility index (Phi) is 16.5. The number of rotatable bonds is 11. The number of piperidine rings is 2. The highest BCUT2D eigenvalue weighted by atomic mass is 19.4. The second-order valence-electron chi connectivity index (χ2n) is 11.7. The number of benzene rings is 1. The molecule has 2 fully saturated rings. The van der Waals surface area contributed by atoms with Crippen molar-refractivity contribution in [2.75, 3.05) is 33.2 Å². The molecule has 45 heavy (non-hydrogen) atoms. The van der Waals surface area contributed by atoms with Crippen molar-refractivity contribution >= 4 is 17.8 Å². The van der Waals surface area contributed by atoms with Gasteiger partial charge in [0.25, 0.3) is 0 Å². The molecule has 1 aromatic rings. The van der Waals surface area contributed by atoms with Crippen LogP contribution in [0, 0.1) is 0 Å². The molecule has 1 aromatic carbocycles. The summed E-state index contributed by atoms with van der Waals surface area (Å²) in [7, 11) is 1.74. The molecule has 1 unspecified atom stereocenters. The van der Waals surface area contributed by atoms with Crippen molar-refractivity contribution in [1.82, 2.24) is 14.8 Å². The number of likely N-dealkylation sites (tertiary alicyclic amines) is 2. The van der Waals surface area contributed by atoms with Crippen molar-refractivity contribution < 1.29 is 17.9 Å². The first-order valence-electron chi connectivity index (χ1n) is 16.2. The van der Waals surface area contributed by atoms with E-state index in [0.29, 0.717) is 30.0 Å². The largest absolute Gasteiger partial charge is 0.573 e. The number of halogens is 3. The second kappa shape index (κ2) is 19.5. The lowest BCUT2D eigenvalue weighted by Gasteiger charge is -2.45. The fraction of sp³-hybridized carbons (Fsp3) is 0.618. The third-order valence-corrected chi connectivity index (χ3v) is 7.87. The minimum absolute atomic E-state index is 0.156. The smallest absolute Gasteiger partial charge is 0.406 e. The van der Waals surface area contributed by atoms with Gasteiger partial charge in [0.1, 0.15) is 17.3 Å². The Labute approximate surface area is 268 Å².